The molecule has 0 atom stereocenters. The number of nitrogens with one attached hydrogen (secondary N) is 1. The van der Waals surface area contributed by atoms with Crippen LogP contribution in [0.25, 0.3) is 5.69 Å². The summed E-state index contributed by atoms with van der Waals surface area (Å²) in [4.78, 5) is 27.8. The molecule has 132 valence electrons. The zero-order chi connectivity index (χ0) is 18.4. The summed E-state index contributed by atoms with van der Waals surface area (Å²) >= 11 is 0. The van der Waals surface area contributed by atoms with Gasteiger partial charge in [0.1, 0.15) is 18.4 Å². The summed E-state index contributed by atoms with van der Waals surface area (Å²) in [5, 5.41) is 6.64. The van der Waals surface area contributed by atoms with Crippen molar-refractivity contribution in [3.63, 3.8) is 0 Å². The number of benzene rings is 2. The minimum Gasteiger partial charge on any atom is -0.497 e. The van der Waals surface area contributed by atoms with E-state index in [9.17, 15) is 9.59 Å². The van der Waals surface area contributed by atoms with Crippen molar-refractivity contribution in [3.05, 3.63) is 66.7 Å². The van der Waals surface area contributed by atoms with Gasteiger partial charge in [0.05, 0.1) is 18.4 Å². The van der Waals surface area contributed by atoms with Crippen LogP contribution in [0.1, 0.15) is 10.4 Å². The van der Waals surface area contributed by atoms with E-state index in [1.807, 2.05) is 0 Å². The van der Waals surface area contributed by atoms with Gasteiger partial charge in [0.25, 0.3) is 5.91 Å². The van der Waals surface area contributed by atoms with Crippen LogP contribution in [0.5, 0.6) is 5.75 Å². The second-order valence-electron chi connectivity index (χ2n) is 5.24. The molecule has 0 radical (unpaired) electrons. The number of carbonyl (C=O) groups excluding carboxylic acids is 2. The molecule has 0 aliphatic carbocycles. The molecule has 0 saturated carbocycles. The third-order valence-corrected chi connectivity index (χ3v) is 3.47. The maximum Gasteiger partial charge on any atom is 0.338 e. The topological polar surface area (TPSA) is 95.3 Å². The lowest BCUT2D eigenvalue weighted by Crippen LogP contribution is -2.20. The second-order valence-corrected chi connectivity index (χ2v) is 5.24. The lowest BCUT2D eigenvalue weighted by molar-refractivity contribution is -0.119. The van der Waals surface area contributed by atoms with E-state index < -0.39 is 11.9 Å². The first kappa shape index (κ1) is 17.2. The van der Waals surface area contributed by atoms with Gasteiger partial charge in [-0.25, -0.2) is 14.5 Å². The fraction of sp³-hybridized carbons (Fsp3) is 0.111. The normalized spacial score (nSPS) is 10.2. The number of anilines is 1. The number of aromatic nitrogens is 3. The molecule has 8 nitrogen and oxygen atoms in total. The molecule has 2 aromatic carbocycles. The van der Waals surface area contributed by atoms with Gasteiger partial charge >= 0.3 is 5.97 Å². The summed E-state index contributed by atoms with van der Waals surface area (Å²) in [5.41, 5.74) is 1.65. The Bertz CT molecular complexity index is 892. The number of esters is 1. The molecule has 0 saturated heterocycles. The predicted molar refractivity (Wildman–Crippen MR) is 93.3 cm³/mol. The lowest BCUT2D eigenvalue weighted by Gasteiger charge is -2.08. The summed E-state index contributed by atoms with van der Waals surface area (Å²) in [6.45, 7) is -0.388. The summed E-state index contributed by atoms with van der Waals surface area (Å²) in [5.74, 6) is -0.408. The summed E-state index contributed by atoms with van der Waals surface area (Å²) < 4.78 is 11.7. The van der Waals surface area contributed by atoms with Crippen molar-refractivity contribution >= 4 is 17.6 Å². The Hall–Kier alpha value is -3.68. The smallest absolute Gasteiger partial charge is 0.338 e. The zero-order valence-corrected chi connectivity index (χ0v) is 14.0. The van der Waals surface area contributed by atoms with Crippen molar-refractivity contribution in [1.29, 1.82) is 0 Å². The van der Waals surface area contributed by atoms with Crippen LogP contribution in [0.15, 0.2) is 61.2 Å². The SMILES string of the molecule is COc1cccc(NC(=O)COC(=O)c2ccc(-n3cncn3)cc2)c1. The molecule has 0 bridgehead atoms. The molecule has 1 aromatic heterocycles. The van der Waals surface area contributed by atoms with Crippen LogP contribution in [-0.2, 0) is 9.53 Å². The fourth-order valence-corrected chi connectivity index (χ4v) is 2.20. The van der Waals surface area contributed by atoms with E-state index in [-0.39, 0.29) is 6.61 Å². The van der Waals surface area contributed by atoms with Crippen LogP contribution in [-0.4, -0.2) is 40.4 Å². The Morgan fingerprint density at radius 2 is 1.96 bits per heavy atom. The molecular formula is C18H16N4O4. The van der Waals surface area contributed by atoms with Gasteiger partial charge < -0.3 is 14.8 Å². The van der Waals surface area contributed by atoms with Crippen molar-refractivity contribution in [3.8, 4) is 11.4 Å². The van der Waals surface area contributed by atoms with Gasteiger partial charge in [-0.05, 0) is 36.4 Å². The Kier molecular flexibility index (Phi) is 5.23. The largest absolute Gasteiger partial charge is 0.497 e. The van der Waals surface area contributed by atoms with Gasteiger partial charge in [-0.15, -0.1) is 0 Å². The summed E-state index contributed by atoms with van der Waals surface area (Å²) in [7, 11) is 1.54. The minimum absolute atomic E-state index is 0.336. The Balaban J connectivity index is 1.53. The van der Waals surface area contributed by atoms with Gasteiger partial charge in [0.2, 0.25) is 0 Å². The molecule has 0 aliphatic heterocycles. The Labute approximate surface area is 149 Å². The van der Waals surface area contributed by atoms with Crippen molar-refractivity contribution in [2.75, 3.05) is 19.0 Å². The lowest BCUT2D eigenvalue weighted by atomic mass is 10.2. The van der Waals surface area contributed by atoms with Gasteiger partial charge in [-0.3, -0.25) is 4.79 Å². The van der Waals surface area contributed by atoms with Crippen LogP contribution >= 0.6 is 0 Å². The highest BCUT2D eigenvalue weighted by atomic mass is 16.5. The average molecular weight is 352 g/mol. The van der Waals surface area contributed by atoms with Gasteiger partial charge in [-0.1, -0.05) is 6.07 Å². The van der Waals surface area contributed by atoms with E-state index in [0.717, 1.165) is 5.69 Å². The first-order valence-electron chi connectivity index (χ1n) is 7.72. The molecule has 0 aliphatic rings. The molecule has 0 spiro atoms. The van der Waals surface area contributed by atoms with Gasteiger partial charge in [0, 0.05) is 11.8 Å². The zero-order valence-electron chi connectivity index (χ0n) is 14.0. The van der Waals surface area contributed by atoms with E-state index in [1.165, 1.54) is 13.4 Å². The average Bonchev–Trinajstić information content (AvgIpc) is 3.21. The highest BCUT2D eigenvalue weighted by Gasteiger charge is 2.11. The number of rotatable bonds is 6. The van der Waals surface area contributed by atoms with E-state index in [4.69, 9.17) is 9.47 Å². The third-order valence-electron chi connectivity index (χ3n) is 3.47. The van der Waals surface area contributed by atoms with Gasteiger partial charge in [-0.2, -0.15) is 5.10 Å². The molecule has 26 heavy (non-hydrogen) atoms. The third kappa shape index (κ3) is 4.23. The van der Waals surface area contributed by atoms with E-state index in [2.05, 4.69) is 15.4 Å². The van der Waals surface area contributed by atoms with Crippen molar-refractivity contribution in [2.24, 2.45) is 0 Å². The summed E-state index contributed by atoms with van der Waals surface area (Å²) in [6.07, 6.45) is 2.97. The maximum atomic E-state index is 12.0. The number of amides is 1. The van der Waals surface area contributed by atoms with Crippen LogP contribution in [0, 0.1) is 0 Å². The Morgan fingerprint density at radius 3 is 2.65 bits per heavy atom. The maximum absolute atomic E-state index is 12.0. The Morgan fingerprint density at radius 1 is 1.15 bits per heavy atom. The number of ether oxygens (including phenoxy) is 2. The van der Waals surface area contributed by atoms with Crippen LogP contribution in [0.4, 0.5) is 5.69 Å². The quantitative estimate of drug-likeness (QED) is 0.683. The molecule has 0 unspecified atom stereocenters. The number of nitrogens with zero attached hydrogens (tertiary/aromatic N) is 3. The second kappa shape index (κ2) is 7.93. The number of methoxy groups -OCH3 is 1. The molecular weight excluding hydrogens is 336 g/mol. The van der Waals surface area contributed by atoms with Crippen molar-refractivity contribution in [1.82, 2.24) is 14.8 Å². The first-order valence-corrected chi connectivity index (χ1v) is 7.72. The number of hydrogen-bond donors (Lipinski definition) is 1. The van der Waals surface area contributed by atoms with E-state index in [0.29, 0.717) is 17.0 Å². The molecule has 3 rings (SSSR count). The first-order chi connectivity index (χ1) is 12.7. The minimum atomic E-state index is -0.587. The highest BCUT2D eigenvalue weighted by Crippen LogP contribution is 2.16. The van der Waals surface area contributed by atoms with Crippen LogP contribution in [0.3, 0.4) is 0 Å². The van der Waals surface area contributed by atoms with Gasteiger partial charge in [0.15, 0.2) is 6.61 Å². The summed E-state index contributed by atoms with van der Waals surface area (Å²) in [6, 6.07) is 13.5. The molecule has 1 heterocycles. The molecule has 8 heteroatoms. The van der Waals surface area contributed by atoms with E-state index in [1.54, 1.807) is 59.5 Å². The molecule has 0 fully saturated rings. The van der Waals surface area contributed by atoms with Crippen LogP contribution in [0.2, 0.25) is 0 Å². The highest BCUT2D eigenvalue weighted by molar-refractivity contribution is 5.95. The van der Waals surface area contributed by atoms with Crippen LogP contribution < -0.4 is 10.1 Å². The standard InChI is InChI=1S/C18H16N4O4/c1-25-16-4-2-3-14(9-16)21-17(23)10-26-18(24)13-5-7-15(8-6-13)22-12-19-11-20-22/h2-9,11-12H,10H2,1H3,(H,21,23). The van der Waals surface area contributed by atoms with Crippen molar-refractivity contribution < 1.29 is 19.1 Å². The van der Waals surface area contributed by atoms with E-state index >= 15 is 0 Å². The van der Waals surface area contributed by atoms with Crippen molar-refractivity contribution in [2.45, 2.75) is 0 Å². The number of hydrogen-bond acceptors (Lipinski definition) is 6. The predicted octanol–water partition coefficient (Wildman–Crippen LogP) is 2.07. The molecule has 3 aromatic rings. The number of carbonyl (C=O) groups is 2. The molecule has 1 N–H and O–H groups in total. The molecule has 1 amide bonds. The monoisotopic (exact) mass is 352 g/mol. The fourth-order valence-electron chi connectivity index (χ4n) is 2.20.